The zero-order valence-electron chi connectivity index (χ0n) is 10.0. The molecule has 0 saturated carbocycles. The van der Waals surface area contributed by atoms with Crippen molar-refractivity contribution < 1.29 is 0 Å². The normalized spacial score (nSPS) is 13.1. The van der Waals surface area contributed by atoms with Crippen LogP contribution in [0.2, 0.25) is 0 Å². The highest BCUT2D eigenvalue weighted by Crippen LogP contribution is 2.06. The number of allylic oxidation sites excluding steroid dienone is 7. The fraction of sp³-hybridized carbons (Fsp3) is 0.286. The number of hydrogen-bond donors (Lipinski definition) is 1. The predicted octanol–water partition coefficient (Wildman–Crippen LogP) is 3.74. The lowest BCUT2D eigenvalue weighted by Gasteiger charge is -1.94. The molecular weight excluding hydrogens is 182 g/mol. The molecule has 82 valence electrons. The fourth-order valence-corrected chi connectivity index (χ4v) is 0.880. The molecule has 0 amide bonds. The second-order valence-corrected chi connectivity index (χ2v) is 3.60. The Morgan fingerprint density at radius 3 is 2.33 bits per heavy atom. The Bertz CT molecular complexity index is 303. The van der Waals surface area contributed by atoms with Gasteiger partial charge in [0, 0.05) is 12.7 Å². The summed E-state index contributed by atoms with van der Waals surface area (Å²) in [7, 11) is 1.84. The second kappa shape index (κ2) is 7.86. The van der Waals surface area contributed by atoms with Crippen LogP contribution in [0.15, 0.2) is 60.4 Å². The van der Waals surface area contributed by atoms with Crippen molar-refractivity contribution in [3.8, 4) is 0 Å². The van der Waals surface area contributed by atoms with Crippen LogP contribution in [0.4, 0.5) is 0 Å². The van der Waals surface area contributed by atoms with Gasteiger partial charge in [0.1, 0.15) is 0 Å². The van der Waals surface area contributed by atoms with Gasteiger partial charge in [-0.1, -0.05) is 48.6 Å². The first-order valence-electron chi connectivity index (χ1n) is 5.08. The molecule has 15 heavy (non-hydrogen) atoms. The summed E-state index contributed by atoms with van der Waals surface area (Å²) in [5.74, 6) is 0. The van der Waals surface area contributed by atoms with Crippen LogP contribution in [0.1, 0.15) is 20.3 Å². The van der Waals surface area contributed by atoms with E-state index in [2.05, 4.69) is 43.6 Å². The lowest BCUT2D eigenvalue weighted by Crippen LogP contribution is -2.00. The van der Waals surface area contributed by atoms with E-state index >= 15 is 0 Å². The number of hydrogen-bond acceptors (Lipinski definition) is 1. The highest BCUT2D eigenvalue weighted by atomic mass is 14.8. The molecule has 0 spiro atoms. The van der Waals surface area contributed by atoms with Crippen molar-refractivity contribution in [3.63, 3.8) is 0 Å². The Labute approximate surface area is 93.6 Å². The van der Waals surface area contributed by atoms with Gasteiger partial charge in [-0.15, -0.1) is 0 Å². The van der Waals surface area contributed by atoms with Gasteiger partial charge >= 0.3 is 0 Å². The molecule has 1 aliphatic carbocycles. The molecule has 0 bridgehead atoms. The Balaban J connectivity index is 0.000000280. The van der Waals surface area contributed by atoms with Crippen LogP contribution >= 0.6 is 0 Å². The van der Waals surface area contributed by atoms with Gasteiger partial charge in [0.2, 0.25) is 0 Å². The van der Waals surface area contributed by atoms with Crippen LogP contribution < -0.4 is 5.32 Å². The standard InChI is InChI=1S/C8H13N.C6H8/c1-7(2)5-6-8(3)9-4;1-6-4-2-3-5-6/h5-6,9H,1,3H2,2,4H3;2-4H,5H2,1H3/b6-5-;. The smallest absolute Gasteiger partial charge is 0.0264 e. The molecule has 0 aliphatic heterocycles. The molecule has 0 heterocycles. The Hall–Kier alpha value is -1.50. The zero-order valence-corrected chi connectivity index (χ0v) is 10.0. The van der Waals surface area contributed by atoms with E-state index in [-0.39, 0.29) is 0 Å². The SMILES string of the molecule is C=C(C)/C=C\C(=C)NC.CC1=CC=CC1. The third-order valence-electron chi connectivity index (χ3n) is 1.85. The lowest BCUT2D eigenvalue weighted by molar-refractivity contribution is 1.04. The summed E-state index contributed by atoms with van der Waals surface area (Å²) in [6.07, 6.45) is 11.4. The van der Waals surface area contributed by atoms with Crippen LogP contribution in [0.5, 0.6) is 0 Å². The predicted molar refractivity (Wildman–Crippen MR) is 69.7 cm³/mol. The molecular formula is C14H21N. The molecule has 0 fully saturated rings. The first-order valence-corrected chi connectivity index (χ1v) is 5.08. The summed E-state index contributed by atoms with van der Waals surface area (Å²) in [4.78, 5) is 0. The van der Waals surface area contributed by atoms with Gasteiger partial charge < -0.3 is 5.32 Å². The molecule has 1 nitrogen and oxygen atoms in total. The van der Waals surface area contributed by atoms with Gasteiger partial charge in [0.05, 0.1) is 0 Å². The van der Waals surface area contributed by atoms with E-state index in [1.165, 1.54) is 12.0 Å². The molecule has 0 radical (unpaired) electrons. The third-order valence-corrected chi connectivity index (χ3v) is 1.85. The minimum Gasteiger partial charge on any atom is -0.389 e. The Morgan fingerprint density at radius 1 is 1.40 bits per heavy atom. The average Bonchev–Trinajstić information content (AvgIpc) is 2.66. The first-order chi connectivity index (χ1) is 7.06. The van der Waals surface area contributed by atoms with Gasteiger partial charge in [-0.2, -0.15) is 0 Å². The Morgan fingerprint density at radius 2 is 2.07 bits per heavy atom. The van der Waals surface area contributed by atoms with E-state index in [0.717, 1.165) is 11.3 Å². The summed E-state index contributed by atoms with van der Waals surface area (Å²) in [5.41, 5.74) is 3.40. The summed E-state index contributed by atoms with van der Waals surface area (Å²) in [5, 5.41) is 2.90. The van der Waals surface area contributed by atoms with Crippen molar-refractivity contribution in [2.75, 3.05) is 7.05 Å². The molecule has 0 saturated heterocycles. The van der Waals surface area contributed by atoms with Crippen LogP contribution in [0.3, 0.4) is 0 Å². The molecule has 1 rings (SSSR count). The minimum atomic E-state index is 0.901. The fourth-order valence-electron chi connectivity index (χ4n) is 0.880. The highest BCUT2D eigenvalue weighted by Gasteiger charge is 1.86. The lowest BCUT2D eigenvalue weighted by atomic mass is 10.3. The van der Waals surface area contributed by atoms with E-state index in [1.54, 1.807) is 0 Å². The topological polar surface area (TPSA) is 12.0 Å². The van der Waals surface area contributed by atoms with Gasteiger partial charge in [-0.25, -0.2) is 0 Å². The van der Waals surface area contributed by atoms with Crippen LogP contribution in [-0.4, -0.2) is 7.05 Å². The third kappa shape index (κ3) is 8.82. The average molecular weight is 203 g/mol. The zero-order chi connectivity index (χ0) is 11.7. The van der Waals surface area contributed by atoms with Gasteiger partial charge in [-0.3, -0.25) is 0 Å². The van der Waals surface area contributed by atoms with Crippen molar-refractivity contribution in [2.24, 2.45) is 0 Å². The molecule has 0 atom stereocenters. The summed E-state index contributed by atoms with van der Waals surface area (Å²) >= 11 is 0. The van der Waals surface area contributed by atoms with Gasteiger partial charge in [0.25, 0.3) is 0 Å². The summed E-state index contributed by atoms with van der Waals surface area (Å²) in [6, 6.07) is 0. The number of rotatable bonds is 3. The summed E-state index contributed by atoms with van der Waals surface area (Å²) < 4.78 is 0. The van der Waals surface area contributed by atoms with E-state index in [9.17, 15) is 0 Å². The monoisotopic (exact) mass is 203 g/mol. The van der Waals surface area contributed by atoms with E-state index < -0.39 is 0 Å². The van der Waals surface area contributed by atoms with Crippen LogP contribution in [-0.2, 0) is 0 Å². The molecule has 1 aliphatic rings. The largest absolute Gasteiger partial charge is 0.389 e. The molecule has 1 N–H and O–H groups in total. The van der Waals surface area contributed by atoms with Gasteiger partial charge in [-0.05, 0) is 26.3 Å². The van der Waals surface area contributed by atoms with Crippen molar-refractivity contribution in [1.82, 2.24) is 5.32 Å². The Kier molecular flexibility index (Phi) is 7.08. The molecule has 0 aromatic rings. The maximum atomic E-state index is 3.71. The quantitative estimate of drug-likeness (QED) is 0.689. The van der Waals surface area contributed by atoms with Crippen molar-refractivity contribution >= 4 is 0 Å². The highest BCUT2D eigenvalue weighted by molar-refractivity contribution is 5.21. The van der Waals surface area contributed by atoms with E-state index in [4.69, 9.17) is 0 Å². The first kappa shape index (κ1) is 13.5. The van der Waals surface area contributed by atoms with Crippen LogP contribution in [0.25, 0.3) is 0 Å². The maximum absolute atomic E-state index is 3.71. The summed E-state index contributed by atoms with van der Waals surface area (Å²) in [6.45, 7) is 11.5. The maximum Gasteiger partial charge on any atom is 0.0264 e. The molecule has 0 aromatic carbocycles. The van der Waals surface area contributed by atoms with Crippen molar-refractivity contribution in [2.45, 2.75) is 20.3 Å². The van der Waals surface area contributed by atoms with E-state index in [0.29, 0.717) is 0 Å². The molecule has 0 unspecified atom stereocenters. The second-order valence-electron chi connectivity index (χ2n) is 3.60. The number of nitrogens with one attached hydrogen (secondary N) is 1. The van der Waals surface area contributed by atoms with Gasteiger partial charge in [0.15, 0.2) is 0 Å². The van der Waals surface area contributed by atoms with Crippen LogP contribution in [0, 0.1) is 0 Å². The molecule has 0 aromatic heterocycles. The van der Waals surface area contributed by atoms with Crippen molar-refractivity contribution in [1.29, 1.82) is 0 Å². The minimum absolute atomic E-state index is 0.901. The van der Waals surface area contributed by atoms with Crippen molar-refractivity contribution in [3.05, 3.63) is 60.4 Å². The molecule has 1 heteroatoms. The van der Waals surface area contributed by atoms with E-state index in [1.807, 2.05) is 26.1 Å². The number of likely N-dealkylation sites (N-methyl/N-ethyl adjacent to an activating group) is 1.